The van der Waals surface area contributed by atoms with Gasteiger partial charge in [-0.2, -0.15) is 0 Å². The summed E-state index contributed by atoms with van der Waals surface area (Å²) in [4.78, 5) is 12.0. The topological polar surface area (TPSA) is 81.3 Å². The van der Waals surface area contributed by atoms with Crippen molar-refractivity contribution in [2.45, 2.75) is 46.1 Å². The number of rotatable bonds is 9. The van der Waals surface area contributed by atoms with Gasteiger partial charge in [0.25, 0.3) is 0 Å². The zero-order valence-electron chi connectivity index (χ0n) is 18.4. The van der Waals surface area contributed by atoms with Crippen LogP contribution >= 0.6 is 0 Å². The third-order valence-electron chi connectivity index (χ3n) is 5.76. The molecule has 31 heavy (non-hydrogen) atoms. The first kappa shape index (κ1) is 21.1. The minimum Gasteiger partial charge on any atom is -0.494 e. The van der Waals surface area contributed by atoms with Crippen LogP contribution in [-0.4, -0.2) is 23.7 Å². The fraction of sp³-hybridized carbons (Fsp3) is 0.400. The zero-order chi connectivity index (χ0) is 21.8. The average Bonchev–Trinajstić information content (AvgIpc) is 3.54. The van der Waals surface area contributed by atoms with Crippen LogP contribution in [0.15, 0.2) is 42.5 Å². The Labute approximate surface area is 183 Å². The standard InChI is InChI=1S/C25H32N4O2/c1-3-5-14-27-25(30)28-19-10-8-18(9-11-19)24-23(26)21-13-12-20(31-4-2)15-22(21)29(24)16-17-6-7-17/h8-13,15,17H,3-7,14,16,26H2,1-2H3,(H2,27,28,30). The molecule has 0 unspecified atom stereocenters. The van der Waals surface area contributed by atoms with Gasteiger partial charge in [-0.3, -0.25) is 0 Å². The SMILES string of the molecule is CCCCNC(=O)Nc1ccc(-c2c(N)c3ccc(OCC)cc3n2CC2CC2)cc1. The van der Waals surface area contributed by atoms with Crippen LogP contribution in [0.4, 0.5) is 16.2 Å². The molecular formula is C25H32N4O2. The summed E-state index contributed by atoms with van der Waals surface area (Å²) in [6.07, 6.45) is 4.56. The highest BCUT2D eigenvalue weighted by molar-refractivity contribution is 6.01. The maximum Gasteiger partial charge on any atom is 0.319 e. The number of nitrogen functional groups attached to an aromatic ring is 1. The molecule has 0 saturated heterocycles. The van der Waals surface area contributed by atoms with Gasteiger partial charge in [-0.25, -0.2) is 4.79 Å². The Morgan fingerprint density at radius 3 is 2.61 bits per heavy atom. The van der Waals surface area contributed by atoms with Crippen LogP contribution < -0.4 is 21.1 Å². The van der Waals surface area contributed by atoms with E-state index in [0.717, 1.165) is 58.7 Å². The van der Waals surface area contributed by atoms with Gasteiger partial charge >= 0.3 is 6.03 Å². The van der Waals surface area contributed by atoms with Crippen molar-refractivity contribution in [2.75, 3.05) is 24.2 Å². The lowest BCUT2D eigenvalue weighted by Gasteiger charge is -2.13. The fourth-order valence-corrected chi connectivity index (χ4v) is 3.94. The second-order valence-electron chi connectivity index (χ2n) is 8.24. The van der Waals surface area contributed by atoms with E-state index in [1.54, 1.807) is 0 Å². The number of aromatic nitrogens is 1. The summed E-state index contributed by atoms with van der Waals surface area (Å²) in [5.41, 5.74) is 11.4. The van der Waals surface area contributed by atoms with Gasteiger partial charge in [0.2, 0.25) is 0 Å². The van der Waals surface area contributed by atoms with E-state index < -0.39 is 0 Å². The average molecular weight is 421 g/mol. The monoisotopic (exact) mass is 420 g/mol. The molecule has 3 aromatic rings. The first-order valence-corrected chi connectivity index (χ1v) is 11.3. The number of urea groups is 1. The molecule has 1 saturated carbocycles. The van der Waals surface area contributed by atoms with E-state index in [0.29, 0.717) is 19.1 Å². The number of unbranched alkanes of at least 4 members (excludes halogenated alkanes) is 1. The number of benzene rings is 2. The van der Waals surface area contributed by atoms with Crippen LogP contribution in [-0.2, 0) is 6.54 Å². The van der Waals surface area contributed by atoms with Gasteiger partial charge in [0.15, 0.2) is 0 Å². The van der Waals surface area contributed by atoms with Gasteiger partial charge in [-0.15, -0.1) is 0 Å². The van der Waals surface area contributed by atoms with Crippen molar-refractivity contribution in [1.82, 2.24) is 9.88 Å². The van der Waals surface area contributed by atoms with Gasteiger partial charge < -0.3 is 25.7 Å². The third kappa shape index (κ3) is 4.79. The largest absolute Gasteiger partial charge is 0.494 e. The van der Waals surface area contributed by atoms with Crippen molar-refractivity contribution in [3.05, 3.63) is 42.5 Å². The van der Waals surface area contributed by atoms with Crippen LogP contribution in [0.2, 0.25) is 0 Å². The third-order valence-corrected chi connectivity index (χ3v) is 5.76. The van der Waals surface area contributed by atoms with Crippen LogP contribution in [0.25, 0.3) is 22.2 Å². The van der Waals surface area contributed by atoms with E-state index >= 15 is 0 Å². The second kappa shape index (κ2) is 9.33. The zero-order valence-corrected chi connectivity index (χ0v) is 18.4. The van der Waals surface area contributed by atoms with Crippen LogP contribution in [0.5, 0.6) is 5.75 Å². The summed E-state index contributed by atoms with van der Waals surface area (Å²) in [6, 6.07) is 13.9. The Balaban J connectivity index is 1.63. The minimum absolute atomic E-state index is 0.174. The molecule has 1 aliphatic rings. The number of nitrogens with two attached hydrogens (primary N) is 1. The molecule has 4 N–H and O–H groups in total. The highest BCUT2D eigenvalue weighted by Gasteiger charge is 2.26. The second-order valence-corrected chi connectivity index (χ2v) is 8.24. The van der Waals surface area contributed by atoms with Crippen LogP contribution in [0.3, 0.4) is 0 Å². The molecule has 0 aliphatic heterocycles. The van der Waals surface area contributed by atoms with Crippen molar-refractivity contribution in [1.29, 1.82) is 0 Å². The van der Waals surface area contributed by atoms with Crippen LogP contribution in [0.1, 0.15) is 39.5 Å². The normalized spacial score (nSPS) is 13.4. The van der Waals surface area contributed by atoms with E-state index in [1.807, 2.05) is 37.3 Å². The Morgan fingerprint density at radius 2 is 1.94 bits per heavy atom. The Bertz CT molecular complexity index is 1050. The number of fused-ring (bicyclic) bond motifs is 1. The molecular weight excluding hydrogens is 388 g/mol. The van der Waals surface area contributed by atoms with E-state index in [1.165, 1.54) is 12.8 Å². The predicted octanol–water partition coefficient (Wildman–Crippen LogP) is 5.62. The van der Waals surface area contributed by atoms with E-state index in [-0.39, 0.29) is 6.03 Å². The number of hydrogen-bond donors (Lipinski definition) is 3. The number of hydrogen-bond acceptors (Lipinski definition) is 3. The van der Waals surface area contributed by atoms with Gasteiger partial charge in [0, 0.05) is 35.8 Å². The van der Waals surface area contributed by atoms with Crippen molar-refractivity contribution >= 4 is 28.3 Å². The van der Waals surface area contributed by atoms with Gasteiger partial charge in [-0.05, 0) is 56.4 Å². The van der Waals surface area contributed by atoms with Crippen molar-refractivity contribution in [2.24, 2.45) is 5.92 Å². The predicted molar refractivity (Wildman–Crippen MR) is 128 cm³/mol. The maximum absolute atomic E-state index is 12.0. The molecule has 164 valence electrons. The summed E-state index contributed by atoms with van der Waals surface area (Å²) in [5, 5.41) is 6.82. The number of nitrogens with zero attached hydrogens (tertiary/aromatic N) is 1. The summed E-state index contributed by atoms with van der Waals surface area (Å²) >= 11 is 0. The molecule has 1 aliphatic carbocycles. The lowest BCUT2D eigenvalue weighted by atomic mass is 10.1. The smallest absolute Gasteiger partial charge is 0.319 e. The van der Waals surface area contributed by atoms with Crippen molar-refractivity contribution < 1.29 is 9.53 Å². The first-order valence-electron chi connectivity index (χ1n) is 11.3. The molecule has 0 radical (unpaired) electrons. The molecule has 4 rings (SSSR count). The van der Waals surface area contributed by atoms with Gasteiger partial charge in [-0.1, -0.05) is 25.5 Å². The summed E-state index contributed by atoms with van der Waals surface area (Å²) in [6.45, 7) is 6.37. The number of carbonyl (C=O) groups is 1. The summed E-state index contributed by atoms with van der Waals surface area (Å²) in [7, 11) is 0. The first-order chi connectivity index (χ1) is 15.1. The number of nitrogens with one attached hydrogen (secondary N) is 2. The quantitative estimate of drug-likeness (QED) is 0.393. The molecule has 2 amide bonds. The van der Waals surface area contributed by atoms with Crippen molar-refractivity contribution in [3.8, 4) is 17.0 Å². The molecule has 0 atom stereocenters. The van der Waals surface area contributed by atoms with E-state index in [2.05, 4.69) is 34.3 Å². The summed E-state index contributed by atoms with van der Waals surface area (Å²) in [5.74, 6) is 1.57. The lowest BCUT2D eigenvalue weighted by Crippen LogP contribution is -2.29. The number of anilines is 2. The maximum atomic E-state index is 12.0. The summed E-state index contributed by atoms with van der Waals surface area (Å²) < 4.78 is 8.07. The van der Waals surface area contributed by atoms with Gasteiger partial charge in [0.1, 0.15) is 5.75 Å². The highest BCUT2D eigenvalue weighted by Crippen LogP contribution is 2.41. The number of amides is 2. The molecule has 1 heterocycles. The Hall–Kier alpha value is -3.15. The molecule has 1 aromatic heterocycles. The van der Waals surface area contributed by atoms with E-state index in [4.69, 9.17) is 10.5 Å². The molecule has 6 heteroatoms. The Morgan fingerprint density at radius 1 is 1.16 bits per heavy atom. The molecule has 1 fully saturated rings. The molecule has 2 aromatic carbocycles. The molecule has 6 nitrogen and oxygen atoms in total. The minimum atomic E-state index is -0.174. The molecule has 0 spiro atoms. The number of carbonyl (C=O) groups excluding carboxylic acids is 1. The number of ether oxygens (including phenoxy) is 1. The van der Waals surface area contributed by atoms with Gasteiger partial charge in [0.05, 0.1) is 23.5 Å². The van der Waals surface area contributed by atoms with E-state index in [9.17, 15) is 4.79 Å². The Kier molecular flexibility index (Phi) is 6.35. The highest BCUT2D eigenvalue weighted by atomic mass is 16.5. The molecule has 0 bridgehead atoms. The lowest BCUT2D eigenvalue weighted by molar-refractivity contribution is 0.252. The van der Waals surface area contributed by atoms with Crippen molar-refractivity contribution in [3.63, 3.8) is 0 Å². The fourth-order valence-electron chi connectivity index (χ4n) is 3.94. The van der Waals surface area contributed by atoms with Crippen LogP contribution in [0, 0.1) is 5.92 Å².